The van der Waals surface area contributed by atoms with E-state index in [-0.39, 0.29) is 0 Å². The van der Waals surface area contributed by atoms with Crippen LogP contribution in [0.25, 0.3) is 0 Å². The van der Waals surface area contributed by atoms with Gasteiger partial charge in [-0.25, -0.2) is 0 Å². The molecule has 96 valence electrons. The van der Waals surface area contributed by atoms with E-state index in [2.05, 4.69) is 36.7 Å². The molecule has 2 rings (SSSR count). The first-order valence-corrected chi connectivity index (χ1v) is 7.53. The summed E-state index contributed by atoms with van der Waals surface area (Å²) in [7, 11) is 0. The predicted molar refractivity (Wildman–Crippen MR) is 73.5 cm³/mol. The standard InChI is InChI=1S/C14H23NOS/c1-11(2)14(13-7-5-9-17-13)15-10-12-6-3-4-8-16-12/h5,7,9,11-12,14-15H,3-4,6,8,10H2,1-2H3. The van der Waals surface area contributed by atoms with Crippen LogP contribution in [0.2, 0.25) is 0 Å². The second kappa shape index (κ2) is 6.53. The summed E-state index contributed by atoms with van der Waals surface area (Å²) in [4.78, 5) is 1.44. The third-order valence-electron chi connectivity index (χ3n) is 3.36. The summed E-state index contributed by atoms with van der Waals surface area (Å²) in [6.45, 7) is 6.48. The van der Waals surface area contributed by atoms with Crippen molar-refractivity contribution >= 4 is 11.3 Å². The van der Waals surface area contributed by atoms with E-state index in [4.69, 9.17) is 4.74 Å². The Hall–Kier alpha value is -0.380. The average Bonchev–Trinajstić information content (AvgIpc) is 2.84. The van der Waals surface area contributed by atoms with Crippen LogP contribution in [-0.4, -0.2) is 19.3 Å². The van der Waals surface area contributed by atoms with Gasteiger partial charge in [-0.1, -0.05) is 19.9 Å². The topological polar surface area (TPSA) is 21.3 Å². The molecule has 2 unspecified atom stereocenters. The minimum atomic E-state index is 0.421. The fourth-order valence-electron chi connectivity index (χ4n) is 2.36. The van der Waals surface area contributed by atoms with Crippen molar-refractivity contribution in [3.8, 4) is 0 Å². The molecule has 17 heavy (non-hydrogen) atoms. The summed E-state index contributed by atoms with van der Waals surface area (Å²) in [5.41, 5.74) is 0. The number of rotatable bonds is 5. The summed E-state index contributed by atoms with van der Waals surface area (Å²) in [6.07, 6.45) is 4.18. The molecule has 3 heteroatoms. The maximum absolute atomic E-state index is 5.77. The van der Waals surface area contributed by atoms with Gasteiger partial charge in [0.1, 0.15) is 0 Å². The number of hydrogen-bond donors (Lipinski definition) is 1. The van der Waals surface area contributed by atoms with Crippen LogP contribution in [0.5, 0.6) is 0 Å². The minimum Gasteiger partial charge on any atom is -0.377 e. The molecule has 2 heterocycles. The van der Waals surface area contributed by atoms with Gasteiger partial charge in [0.25, 0.3) is 0 Å². The largest absolute Gasteiger partial charge is 0.377 e. The maximum atomic E-state index is 5.77. The second-order valence-electron chi connectivity index (χ2n) is 5.13. The Morgan fingerprint density at radius 1 is 1.47 bits per heavy atom. The van der Waals surface area contributed by atoms with Gasteiger partial charge in [0.2, 0.25) is 0 Å². The molecule has 0 aliphatic carbocycles. The summed E-state index contributed by atoms with van der Waals surface area (Å²) in [5, 5.41) is 5.83. The van der Waals surface area contributed by atoms with Crippen molar-refractivity contribution in [3.05, 3.63) is 22.4 Å². The lowest BCUT2D eigenvalue weighted by molar-refractivity contribution is 0.0145. The zero-order valence-corrected chi connectivity index (χ0v) is 11.6. The normalized spacial score (nSPS) is 22.9. The van der Waals surface area contributed by atoms with E-state index in [0.717, 1.165) is 13.2 Å². The van der Waals surface area contributed by atoms with Crippen molar-refractivity contribution in [2.45, 2.75) is 45.3 Å². The molecule has 1 N–H and O–H groups in total. The van der Waals surface area contributed by atoms with Gasteiger partial charge < -0.3 is 10.1 Å². The zero-order chi connectivity index (χ0) is 12.1. The molecule has 0 radical (unpaired) electrons. The second-order valence-corrected chi connectivity index (χ2v) is 6.11. The Morgan fingerprint density at radius 2 is 2.35 bits per heavy atom. The van der Waals surface area contributed by atoms with Gasteiger partial charge in [-0.2, -0.15) is 0 Å². The summed E-state index contributed by atoms with van der Waals surface area (Å²) >= 11 is 1.84. The highest BCUT2D eigenvalue weighted by Gasteiger charge is 2.19. The molecule has 2 atom stereocenters. The molecule has 0 spiro atoms. The van der Waals surface area contributed by atoms with E-state index in [1.165, 1.54) is 24.1 Å². The third-order valence-corrected chi connectivity index (χ3v) is 4.31. The van der Waals surface area contributed by atoms with Gasteiger partial charge in [0, 0.05) is 24.1 Å². The van der Waals surface area contributed by atoms with Gasteiger partial charge >= 0.3 is 0 Å². The van der Waals surface area contributed by atoms with Gasteiger partial charge in [-0.15, -0.1) is 11.3 Å². The highest BCUT2D eigenvalue weighted by Crippen LogP contribution is 2.26. The van der Waals surface area contributed by atoms with Gasteiger partial charge in [0.05, 0.1) is 6.10 Å². The van der Waals surface area contributed by atoms with Crippen LogP contribution >= 0.6 is 11.3 Å². The first-order valence-electron chi connectivity index (χ1n) is 6.65. The van der Waals surface area contributed by atoms with Crippen LogP contribution in [0.4, 0.5) is 0 Å². The Balaban J connectivity index is 1.85. The molecule has 0 saturated carbocycles. The van der Waals surface area contributed by atoms with E-state index < -0.39 is 0 Å². The van der Waals surface area contributed by atoms with Crippen molar-refractivity contribution in [2.24, 2.45) is 5.92 Å². The Bertz CT molecular complexity index is 304. The average molecular weight is 253 g/mol. The first kappa shape index (κ1) is 13.1. The van der Waals surface area contributed by atoms with Crippen molar-refractivity contribution in [2.75, 3.05) is 13.2 Å². The van der Waals surface area contributed by atoms with E-state index in [9.17, 15) is 0 Å². The van der Waals surface area contributed by atoms with Crippen molar-refractivity contribution in [1.82, 2.24) is 5.32 Å². The number of ether oxygens (including phenoxy) is 1. The van der Waals surface area contributed by atoms with Crippen LogP contribution in [0.3, 0.4) is 0 Å². The highest BCUT2D eigenvalue weighted by atomic mass is 32.1. The molecule has 0 bridgehead atoms. The van der Waals surface area contributed by atoms with E-state index in [0.29, 0.717) is 18.1 Å². The lowest BCUT2D eigenvalue weighted by atomic mass is 10.0. The summed E-state index contributed by atoms with van der Waals surface area (Å²) < 4.78 is 5.77. The molecule has 1 aromatic rings. The van der Waals surface area contributed by atoms with Gasteiger partial charge in [-0.05, 0) is 36.6 Å². The van der Waals surface area contributed by atoms with E-state index in [1.807, 2.05) is 11.3 Å². The van der Waals surface area contributed by atoms with Crippen LogP contribution in [-0.2, 0) is 4.74 Å². The molecule has 1 aromatic heterocycles. The summed E-state index contributed by atoms with van der Waals surface area (Å²) in [5.74, 6) is 0.622. The van der Waals surface area contributed by atoms with E-state index in [1.54, 1.807) is 0 Å². The fraction of sp³-hybridized carbons (Fsp3) is 0.714. The molecule has 0 amide bonds. The highest BCUT2D eigenvalue weighted by molar-refractivity contribution is 7.10. The Labute approximate surface area is 108 Å². The number of nitrogens with one attached hydrogen (secondary N) is 1. The van der Waals surface area contributed by atoms with Crippen LogP contribution < -0.4 is 5.32 Å². The maximum Gasteiger partial charge on any atom is 0.0699 e. The molecule has 2 nitrogen and oxygen atoms in total. The smallest absolute Gasteiger partial charge is 0.0699 e. The van der Waals surface area contributed by atoms with E-state index >= 15 is 0 Å². The van der Waals surface area contributed by atoms with Crippen LogP contribution in [0.1, 0.15) is 44.0 Å². The molecule has 0 aromatic carbocycles. The van der Waals surface area contributed by atoms with Crippen LogP contribution in [0, 0.1) is 5.92 Å². The van der Waals surface area contributed by atoms with Crippen LogP contribution in [0.15, 0.2) is 17.5 Å². The molecule has 1 aliphatic rings. The molecule has 1 saturated heterocycles. The van der Waals surface area contributed by atoms with Crippen molar-refractivity contribution < 1.29 is 4.74 Å². The SMILES string of the molecule is CC(C)C(NCC1CCCCO1)c1cccs1. The quantitative estimate of drug-likeness (QED) is 0.865. The van der Waals surface area contributed by atoms with Crippen molar-refractivity contribution in [3.63, 3.8) is 0 Å². The minimum absolute atomic E-state index is 0.421. The van der Waals surface area contributed by atoms with Crippen molar-refractivity contribution in [1.29, 1.82) is 0 Å². The lowest BCUT2D eigenvalue weighted by Crippen LogP contribution is -2.35. The van der Waals surface area contributed by atoms with Gasteiger partial charge in [0.15, 0.2) is 0 Å². The molecule has 1 fully saturated rings. The van der Waals surface area contributed by atoms with Gasteiger partial charge in [-0.3, -0.25) is 0 Å². The zero-order valence-electron chi connectivity index (χ0n) is 10.8. The fourth-order valence-corrected chi connectivity index (χ4v) is 3.33. The molecular weight excluding hydrogens is 230 g/mol. The molecule has 1 aliphatic heterocycles. The molecular formula is C14H23NOS. The third kappa shape index (κ3) is 3.80. The number of thiophene rings is 1. The number of hydrogen-bond acceptors (Lipinski definition) is 3. The first-order chi connectivity index (χ1) is 8.27. The monoisotopic (exact) mass is 253 g/mol. The summed E-state index contributed by atoms with van der Waals surface area (Å²) in [6, 6.07) is 4.83. The lowest BCUT2D eigenvalue weighted by Gasteiger charge is -2.27. The Kier molecular flexibility index (Phi) is 5.01. The Morgan fingerprint density at radius 3 is 2.94 bits per heavy atom. The predicted octanol–water partition coefficient (Wildman–Crippen LogP) is 3.60.